The number of fused-ring (bicyclic) bond motifs is 4. The number of hydrogen-bond acceptors (Lipinski definition) is 4. The number of aromatic nitrogens is 2. The third-order valence-electron chi connectivity index (χ3n) is 7.15. The number of allylic oxidation sites excluding steroid dienone is 1. The zero-order valence-electron chi connectivity index (χ0n) is 18.9. The van der Waals surface area contributed by atoms with Crippen molar-refractivity contribution < 1.29 is 9.53 Å². The van der Waals surface area contributed by atoms with Gasteiger partial charge in [0, 0.05) is 56.5 Å². The highest BCUT2D eigenvalue weighted by atomic mass is 16.5. The van der Waals surface area contributed by atoms with Gasteiger partial charge in [-0.3, -0.25) is 4.79 Å². The minimum absolute atomic E-state index is 0.0822. The summed E-state index contributed by atoms with van der Waals surface area (Å²) in [5.41, 5.74) is 2.98. The van der Waals surface area contributed by atoms with Gasteiger partial charge in [0.2, 0.25) is 5.91 Å². The summed E-state index contributed by atoms with van der Waals surface area (Å²) in [6, 6.07) is 8.23. The molecule has 6 heteroatoms. The molecule has 0 bridgehead atoms. The molecule has 6 nitrogen and oxygen atoms in total. The van der Waals surface area contributed by atoms with E-state index in [0.717, 1.165) is 48.6 Å². The van der Waals surface area contributed by atoms with Crippen LogP contribution in [0.4, 0.5) is 0 Å². The van der Waals surface area contributed by atoms with Crippen LogP contribution < -0.4 is 10.1 Å². The van der Waals surface area contributed by atoms with Gasteiger partial charge >= 0.3 is 0 Å². The lowest BCUT2D eigenvalue weighted by atomic mass is 9.83. The first-order valence-electron chi connectivity index (χ1n) is 11.4. The Morgan fingerprint density at radius 2 is 2.00 bits per heavy atom. The van der Waals surface area contributed by atoms with Crippen LogP contribution in [0.25, 0.3) is 11.3 Å². The zero-order chi connectivity index (χ0) is 21.8. The van der Waals surface area contributed by atoms with Crippen LogP contribution in [0.15, 0.2) is 36.4 Å². The average Bonchev–Trinajstić information content (AvgIpc) is 3.29. The maximum atomic E-state index is 12.4. The molecular weight excluding hydrogens is 388 g/mol. The Morgan fingerprint density at radius 1 is 1.26 bits per heavy atom. The van der Waals surface area contributed by atoms with E-state index in [1.807, 2.05) is 30.0 Å². The van der Waals surface area contributed by atoms with Crippen LogP contribution in [0.3, 0.4) is 0 Å². The molecule has 1 aromatic carbocycles. The smallest absolute Gasteiger partial charge is 0.246 e. The molecule has 2 aromatic rings. The van der Waals surface area contributed by atoms with Crippen molar-refractivity contribution in [3.63, 3.8) is 0 Å². The predicted octanol–water partition coefficient (Wildman–Crippen LogP) is 3.73. The van der Waals surface area contributed by atoms with Crippen LogP contribution in [0.2, 0.25) is 0 Å². The monoisotopic (exact) mass is 420 g/mol. The molecular formula is C25H32N4O2. The van der Waals surface area contributed by atoms with Gasteiger partial charge in [-0.25, -0.2) is 4.98 Å². The molecule has 2 fully saturated rings. The largest absolute Gasteiger partial charge is 0.480 e. The molecule has 2 saturated heterocycles. The summed E-state index contributed by atoms with van der Waals surface area (Å²) in [6.07, 6.45) is 6.06. The lowest BCUT2D eigenvalue weighted by Gasteiger charge is -2.44. The molecule has 3 aliphatic heterocycles. The van der Waals surface area contributed by atoms with Crippen molar-refractivity contribution in [1.82, 2.24) is 19.8 Å². The summed E-state index contributed by atoms with van der Waals surface area (Å²) in [6.45, 7) is 8.71. The number of imidazole rings is 1. The molecule has 0 aliphatic carbocycles. The van der Waals surface area contributed by atoms with Crippen LogP contribution in [-0.4, -0.2) is 45.5 Å². The maximum absolute atomic E-state index is 12.4. The molecule has 0 saturated carbocycles. The van der Waals surface area contributed by atoms with E-state index in [0.29, 0.717) is 19.0 Å². The molecule has 1 spiro atoms. The molecule has 1 aromatic heterocycles. The van der Waals surface area contributed by atoms with E-state index in [1.54, 1.807) is 6.08 Å². The molecule has 3 aliphatic rings. The number of piperidine rings is 1. The minimum atomic E-state index is -0.446. The molecule has 31 heavy (non-hydrogen) atoms. The first kappa shape index (κ1) is 20.3. The van der Waals surface area contributed by atoms with Gasteiger partial charge in [0.25, 0.3) is 0 Å². The Kier molecular flexibility index (Phi) is 4.74. The van der Waals surface area contributed by atoms with E-state index in [1.165, 1.54) is 5.69 Å². The second-order valence-corrected chi connectivity index (χ2v) is 9.81. The fourth-order valence-corrected chi connectivity index (χ4v) is 5.62. The summed E-state index contributed by atoms with van der Waals surface area (Å²) in [4.78, 5) is 19.5. The first-order chi connectivity index (χ1) is 14.8. The number of carbonyl (C=O) groups excluding carboxylic acids is 1. The summed E-state index contributed by atoms with van der Waals surface area (Å²) >= 11 is 0. The Labute approximate surface area is 184 Å². The van der Waals surface area contributed by atoms with Crippen molar-refractivity contribution in [3.8, 4) is 17.0 Å². The molecule has 4 heterocycles. The standard InChI is InChI=1S/C25H32N4O2/c1-5-8-20(30)29-13-11-25(12-14-29)22-21(18-9-6-7-10-19(18)31-25)27-23(28(22)4)17-15-24(2,3)26-16-17/h5-10,17,26H,11-16H2,1-4H3/b8-5+. The van der Waals surface area contributed by atoms with Crippen molar-refractivity contribution in [2.75, 3.05) is 19.6 Å². The average molecular weight is 421 g/mol. The number of carbonyl (C=O) groups is 1. The Balaban J connectivity index is 1.56. The highest BCUT2D eigenvalue weighted by Crippen LogP contribution is 2.50. The van der Waals surface area contributed by atoms with Crippen LogP contribution in [0, 0.1) is 0 Å². The third-order valence-corrected chi connectivity index (χ3v) is 7.15. The van der Waals surface area contributed by atoms with E-state index in [-0.39, 0.29) is 11.4 Å². The highest BCUT2D eigenvalue weighted by Gasteiger charge is 2.48. The molecule has 0 radical (unpaired) electrons. The summed E-state index contributed by atoms with van der Waals surface area (Å²) in [7, 11) is 2.14. The number of para-hydroxylation sites is 1. The molecule has 1 unspecified atom stereocenters. The first-order valence-corrected chi connectivity index (χ1v) is 11.4. The quantitative estimate of drug-likeness (QED) is 0.752. The van der Waals surface area contributed by atoms with Gasteiger partial charge in [0.15, 0.2) is 5.60 Å². The van der Waals surface area contributed by atoms with E-state index in [9.17, 15) is 4.79 Å². The fourth-order valence-electron chi connectivity index (χ4n) is 5.62. The number of ether oxygens (including phenoxy) is 1. The molecule has 1 amide bonds. The Morgan fingerprint density at radius 3 is 2.68 bits per heavy atom. The van der Waals surface area contributed by atoms with Gasteiger partial charge in [-0.05, 0) is 45.4 Å². The Hall–Kier alpha value is -2.60. The lowest BCUT2D eigenvalue weighted by Crippen LogP contribution is -2.49. The predicted molar refractivity (Wildman–Crippen MR) is 121 cm³/mol. The number of nitrogens with one attached hydrogen (secondary N) is 1. The van der Waals surface area contributed by atoms with Gasteiger partial charge in [-0.15, -0.1) is 0 Å². The van der Waals surface area contributed by atoms with Gasteiger partial charge in [0.05, 0.1) is 11.4 Å². The van der Waals surface area contributed by atoms with Crippen LogP contribution in [-0.2, 0) is 17.4 Å². The van der Waals surface area contributed by atoms with Gasteiger partial charge in [0.1, 0.15) is 11.6 Å². The van der Waals surface area contributed by atoms with Crippen LogP contribution in [0.5, 0.6) is 5.75 Å². The molecule has 5 rings (SSSR count). The third kappa shape index (κ3) is 3.28. The van der Waals surface area contributed by atoms with E-state index in [2.05, 4.69) is 42.9 Å². The number of benzene rings is 1. The van der Waals surface area contributed by atoms with E-state index < -0.39 is 5.60 Å². The fraction of sp³-hybridized carbons (Fsp3) is 0.520. The lowest BCUT2D eigenvalue weighted by molar-refractivity contribution is -0.130. The van der Waals surface area contributed by atoms with E-state index in [4.69, 9.17) is 9.72 Å². The molecule has 1 N–H and O–H groups in total. The maximum Gasteiger partial charge on any atom is 0.246 e. The normalized spacial score (nSPS) is 23.6. The van der Waals surface area contributed by atoms with Crippen molar-refractivity contribution in [2.24, 2.45) is 7.05 Å². The van der Waals surface area contributed by atoms with Crippen molar-refractivity contribution in [3.05, 3.63) is 47.9 Å². The number of hydrogen-bond donors (Lipinski definition) is 1. The van der Waals surface area contributed by atoms with E-state index >= 15 is 0 Å². The molecule has 1 atom stereocenters. The summed E-state index contributed by atoms with van der Waals surface area (Å²) < 4.78 is 9.03. The minimum Gasteiger partial charge on any atom is -0.480 e. The second-order valence-electron chi connectivity index (χ2n) is 9.81. The van der Waals surface area contributed by atoms with Crippen LogP contribution in [0.1, 0.15) is 57.5 Å². The van der Waals surface area contributed by atoms with Gasteiger partial charge in [-0.2, -0.15) is 0 Å². The number of rotatable bonds is 2. The molecule has 164 valence electrons. The van der Waals surface area contributed by atoms with Gasteiger partial charge in [-0.1, -0.05) is 18.2 Å². The van der Waals surface area contributed by atoms with Crippen LogP contribution >= 0.6 is 0 Å². The summed E-state index contributed by atoms with van der Waals surface area (Å²) in [5.74, 6) is 2.50. The second kappa shape index (κ2) is 7.23. The van der Waals surface area contributed by atoms with Crippen molar-refractivity contribution in [1.29, 1.82) is 0 Å². The summed E-state index contributed by atoms with van der Waals surface area (Å²) in [5, 5.41) is 3.64. The van der Waals surface area contributed by atoms with Crippen molar-refractivity contribution in [2.45, 2.75) is 57.1 Å². The zero-order valence-corrected chi connectivity index (χ0v) is 18.9. The van der Waals surface area contributed by atoms with Gasteiger partial charge < -0.3 is 19.5 Å². The Bertz CT molecular complexity index is 1040. The SMILES string of the molecule is C/C=C/C(=O)N1CCC2(CC1)Oc1ccccc1-c1nc(C3CNC(C)(C)C3)n(C)c12. The topological polar surface area (TPSA) is 59.4 Å². The highest BCUT2D eigenvalue weighted by molar-refractivity contribution is 5.87. The number of nitrogens with zero attached hydrogens (tertiary/aromatic N) is 3. The van der Waals surface area contributed by atoms with Crippen molar-refractivity contribution >= 4 is 5.91 Å². The number of amides is 1. The number of likely N-dealkylation sites (tertiary alicyclic amines) is 1.